The lowest BCUT2D eigenvalue weighted by atomic mass is 9.98. The zero-order valence-corrected chi connectivity index (χ0v) is 11.9. The van der Waals surface area contributed by atoms with Gasteiger partial charge in [0.15, 0.2) is 0 Å². The van der Waals surface area contributed by atoms with E-state index in [-0.39, 0.29) is 5.75 Å². The number of ether oxygens (including phenoxy) is 2. The number of rotatable bonds is 4. The van der Waals surface area contributed by atoms with E-state index in [0.29, 0.717) is 11.3 Å². The molecule has 0 aliphatic heterocycles. The van der Waals surface area contributed by atoms with Crippen LogP contribution in [0.1, 0.15) is 5.56 Å². The van der Waals surface area contributed by atoms with Gasteiger partial charge in [0.05, 0.1) is 14.2 Å². The van der Waals surface area contributed by atoms with Crippen molar-refractivity contribution in [3.8, 4) is 22.6 Å². The summed E-state index contributed by atoms with van der Waals surface area (Å²) in [5, 5.41) is 10.0. The number of aromatic hydroxyl groups is 1. The summed E-state index contributed by atoms with van der Waals surface area (Å²) in [6.07, 6.45) is 2.98. The highest BCUT2D eigenvalue weighted by atomic mass is 16.5. The summed E-state index contributed by atoms with van der Waals surface area (Å²) in [6.45, 7) is 0. The van der Waals surface area contributed by atoms with E-state index in [1.54, 1.807) is 37.5 Å². The number of hydrogen-bond acceptors (Lipinski definition) is 4. The molecule has 0 unspecified atom stereocenters. The van der Waals surface area contributed by atoms with Crippen LogP contribution in [0.2, 0.25) is 0 Å². The molecule has 1 N–H and O–H groups in total. The molecule has 108 valence electrons. The van der Waals surface area contributed by atoms with E-state index < -0.39 is 5.97 Å². The molecule has 0 amide bonds. The Kier molecular flexibility index (Phi) is 4.61. The zero-order chi connectivity index (χ0) is 15.2. The number of phenols is 1. The molecular weight excluding hydrogens is 268 g/mol. The smallest absolute Gasteiger partial charge is 0.330 e. The quantitative estimate of drug-likeness (QED) is 0.691. The van der Waals surface area contributed by atoms with Gasteiger partial charge in [-0.2, -0.15) is 0 Å². The summed E-state index contributed by atoms with van der Waals surface area (Å²) in [4.78, 5) is 11.2. The Morgan fingerprint density at radius 3 is 2.52 bits per heavy atom. The molecule has 2 aromatic rings. The van der Waals surface area contributed by atoms with Crippen molar-refractivity contribution in [1.82, 2.24) is 0 Å². The van der Waals surface area contributed by atoms with Crippen LogP contribution in [0, 0.1) is 0 Å². The number of methoxy groups -OCH3 is 2. The van der Waals surface area contributed by atoms with E-state index >= 15 is 0 Å². The van der Waals surface area contributed by atoms with Gasteiger partial charge in [0.2, 0.25) is 0 Å². The molecule has 0 spiro atoms. The van der Waals surface area contributed by atoms with Crippen LogP contribution < -0.4 is 4.74 Å². The predicted octanol–water partition coefficient (Wildman–Crippen LogP) is 3.25. The summed E-state index contributed by atoms with van der Waals surface area (Å²) < 4.78 is 9.81. The first-order valence-corrected chi connectivity index (χ1v) is 6.38. The third-order valence-corrected chi connectivity index (χ3v) is 3.05. The van der Waals surface area contributed by atoms with E-state index in [4.69, 9.17) is 4.74 Å². The van der Waals surface area contributed by atoms with Crippen molar-refractivity contribution in [2.75, 3.05) is 14.2 Å². The number of carbonyl (C=O) groups is 1. The van der Waals surface area contributed by atoms with Crippen molar-refractivity contribution in [3.05, 3.63) is 54.1 Å². The van der Waals surface area contributed by atoms with Crippen LogP contribution in [-0.2, 0) is 9.53 Å². The fourth-order valence-corrected chi connectivity index (χ4v) is 1.97. The van der Waals surface area contributed by atoms with E-state index in [2.05, 4.69) is 4.74 Å². The molecule has 4 heteroatoms. The van der Waals surface area contributed by atoms with Gasteiger partial charge in [0.1, 0.15) is 11.5 Å². The van der Waals surface area contributed by atoms with Crippen molar-refractivity contribution < 1.29 is 19.4 Å². The molecule has 0 aromatic heterocycles. The first kappa shape index (κ1) is 14.7. The van der Waals surface area contributed by atoms with Crippen molar-refractivity contribution in [1.29, 1.82) is 0 Å². The first-order valence-electron chi connectivity index (χ1n) is 6.38. The number of hydrogen-bond donors (Lipinski definition) is 1. The van der Waals surface area contributed by atoms with Crippen LogP contribution >= 0.6 is 0 Å². The molecule has 0 heterocycles. The van der Waals surface area contributed by atoms with Gasteiger partial charge in [0.25, 0.3) is 0 Å². The number of carbonyl (C=O) groups excluding carboxylic acids is 1. The molecular formula is C17H16O4. The summed E-state index contributed by atoms with van der Waals surface area (Å²) >= 11 is 0. The molecule has 0 bridgehead atoms. The lowest BCUT2D eigenvalue weighted by molar-refractivity contribution is -0.134. The Morgan fingerprint density at radius 1 is 1.10 bits per heavy atom. The molecule has 0 radical (unpaired) electrons. The van der Waals surface area contributed by atoms with Crippen LogP contribution in [0.25, 0.3) is 17.2 Å². The van der Waals surface area contributed by atoms with Crippen LogP contribution in [0.5, 0.6) is 11.5 Å². The van der Waals surface area contributed by atoms with Gasteiger partial charge in [-0.25, -0.2) is 4.79 Å². The average molecular weight is 284 g/mol. The van der Waals surface area contributed by atoms with Gasteiger partial charge < -0.3 is 14.6 Å². The van der Waals surface area contributed by atoms with Gasteiger partial charge in [0, 0.05) is 11.6 Å². The van der Waals surface area contributed by atoms with E-state index in [0.717, 1.165) is 11.1 Å². The van der Waals surface area contributed by atoms with Crippen LogP contribution in [0.3, 0.4) is 0 Å². The number of esters is 1. The predicted molar refractivity (Wildman–Crippen MR) is 81.1 cm³/mol. The Labute approximate surface area is 123 Å². The second-order valence-electron chi connectivity index (χ2n) is 4.33. The Balaban J connectivity index is 2.53. The standard InChI is InChI=1S/C17H16O4/c1-20-13-9-7-12(8-10-17(19)21-2)15(11-13)14-5-3-4-6-16(14)18/h3-11,18H,1-2H3/b10-8-. The minimum Gasteiger partial charge on any atom is -0.507 e. The Bertz CT molecular complexity index is 674. The van der Waals surface area contributed by atoms with Gasteiger partial charge in [-0.1, -0.05) is 24.3 Å². The average Bonchev–Trinajstić information content (AvgIpc) is 2.53. The summed E-state index contributed by atoms with van der Waals surface area (Å²) in [5.74, 6) is 0.399. The van der Waals surface area contributed by atoms with Crippen molar-refractivity contribution in [3.63, 3.8) is 0 Å². The second kappa shape index (κ2) is 6.61. The summed E-state index contributed by atoms with van der Waals surface area (Å²) in [5.41, 5.74) is 2.22. The van der Waals surface area contributed by atoms with Crippen molar-refractivity contribution >= 4 is 12.0 Å². The highest BCUT2D eigenvalue weighted by molar-refractivity contribution is 5.90. The van der Waals surface area contributed by atoms with Crippen molar-refractivity contribution in [2.24, 2.45) is 0 Å². The van der Waals surface area contributed by atoms with E-state index in [1.807, 2.05) is 18.2 Å². The normalized spacial score (nSPS) is 10.6. The minimum absolute atomic E-state index is 0.165. The monoisotopic (exact) mass is 284 g/mol. The molecule has 4 nitrogen and oxygen atoms in total. The largest absolute Gasteiger partial charge is 0.507 e. The van der Waals surface area contributed by atoms with Gasteiger partial charge in [-0.05, 0) is 35.4 Å². The first-order chi connectivity index (χ1) is 10.2. The van der Waals surface area contributed by atoms with Gasteiger partial charge in [-0.3, -0.25) is 0 Å². The van der Waals surface area contributed by atoms with Crippen LogP contribution in [0.4, 0.5) is 0 Å². The SMILES string of the molecule is COC(=O)/C=C\c1ccc(OC)cc1-c1ccccc1O. The Morgan fingerprint density at radius 2 is 1.86 bits per heavy atom. The topological polar surface area (TPSA) is 55.8 Å². The molecule has 0 saturated carbocycles. The molecule has 0 fully saturated rings. The molecule has 0 atom stereocenters. The maximum atomic E-state index is 11.2. The molecule has 21 heavy (non-hydrogen) atoms. The molecule has 0 aliphatic rings. The number of phenolic OH excluding ortho intramolecular Hbond substituents is 1. The van der Waals surface area contributed by atoms with Crippen LogP contribution in [0.15, 0.2) is 48.5 Å². The van der Waals surface area contributed by atoms with E-state index in [1.165, 1.54) is 13.2 Å². The lowest BCUT2D eigenvalue weighted by Gasteiger charge is -2.10. The van der Waals surface area contributed by atoms with Gasteiger partial charge in [-0.15, -0.1) is 0 Å². The molecule has 2 rings (SSSR count). The molecule has 0 saturated heterocycles. The third-order valence-electron chi connectivity index (χ3n) is 3.05. The maximum absolute atomic E-state index is 11.2. The minimum atomic E-state index is -0.436. The molecule has 0 aliphatic carbocycles. The number of benzene rings is 2. The third kappa shape index (κ3) is 3.42. The maximum Gasteiger partial charge on any atom is 0.330 e. The highest BCUT2D eigenvalue weighted by Gasteiger charge is 2.09. The fraction of sp³-hybridized carbons (Fsp3) is 0.118. The zero-order valence-electron chi connectivity index (χ0n) is 11.9. The summed E-state index contributed by atoms with van der Waals surface area (Å²) in [6, 6.07) is 12.4. The molecule has 2 aromatic carbocycles. The lowest BCUT2D eigenvalue weighted by Crippen LogP contribution is -1.94. The summed E-state index contributed by atoms with van der Waals surface area (Å²) in [7, 11) is 2.90. The van der Waals surface area contributed by atoms with Crippen molar-refractivity contribution in [2.45, 2.75) is 0 Å². The van der Waals surface area contributed by atoms with E-state index in [9.17, 15) is 9.90 Å². The second-order valence-corrected chi connectivity index (χ2v) is 4.33. The van der Waals surface area contributed by atoms with Crippen LogP contribution in [-0.4, -0.2) is 25.3 Å². The van der Waals surface area contributed by atoms with Gasteiger partial charge >= 0.3 is 5.97 Å². The highest BCUT2D eigenvalue weighted by Crippen LogP contribution is 2.34. The fourth-order valence-electron chi connectivity index (χ4n) is 1.97. The number of para-hydroxylation sites is 1. The Hall–Kier alpha value is -2.75.